The van der Waals surface area contributed by atoms with E-state index in [1.807, 2.05) is 42.5 Å². The summed E-state index contributed by atoms with van der Waals surface area (Å²) < 4.78 is 0. The van der Waals surface area contributed by atoms with Gasteiger partial charge in [0.1, 0.15) is 18.1 Å². The van der Waals surface area contributed by atoms with E-state index in [9.17, 15) is 24.3 Å². The van der Waals surface area contributed by atoms with Crippen molar-refractivity contribution >= 4 is 53.1 Å². The van der Waals surface area contributed by atoms with Crippen LogP contribution in [0.25, 0.3) is 10.8 Å². The van der Waals surface area contributed by atoms with Crippen molar-refractivity contribution in [3.8, 4) is 0 Å². The SMILES string of the molecule is C[C@@H](NC(=O)[C@H](Cc1ccc2ccccc2c1)NC(=O)[C@@H](N)CCCN=C(N)N)C(=O)N[C@H](CCS)C(=O)O. The Kier molecular flexibility index (Phi) is 12.5. The smallest absolute Gasteiger partial charge is 0.326 e. The topological polar surface area (TPSA) is 215 Å². The molecule has 0 aliphatic carbocycles. The standard InChI is InChI=1S/C26H37N7O5S/c1-15(22(34)32-20(10-12-39)25(37)38)31-24(36)21(33-23(35)19(27)7-4-11-30-26(28)29)14-16-8-9-17-5-2-3-6-18(17)13-16/h2-3,5-6,8-9,13,15,19-21,39H,4,7,10-12,14,27H2,1H3,(H,31,36)(H,32,34)(H,33,35)(H,37,38)(H4,28,29,30)/t15-,19+,20-,21+/m1/s1. The molecule has 212 valence electrons. The van der Waals surface area contributed by atoms with Crippen molar-refractivity contribution in [2.24, 2.45) is 22.2 Å². The van der Waals surface area contributed by atoms with E-state index in [0.717, 1.165) is 16.3 Å². The third kappa shape index (κ3) is 10.4. The second kappa shape index (κ2) is 15.5. The molecule has 0 saturated heterocycles. The molecule has 0 bridgehead atoms. The van der Waals surface area contributed by atoms with E-state index in [2.05, 4.69) is 33.6 Å². The van der Waals surface area contributed by atoms with Gasteiger partial charge in [0.15, 0.2) is 5.96 Å². The number of carbonyl (C=O) groups excluding carboxylic acids is 3. The van der Waals surface area contributed by atoms with E-state index in [1.165, 1.54) is 6.92 Å². The van der Waals surface area contributed by atoms with Crippen molar-refractivity contribution in [1.82, 2.24) is 16.0 Å². The Bertz CT molecular complexity index is 1190. The van der Waals surface area contributed by atoms with Crippen LogP contribution < -0.4 is 33.2 Å². The molecular formula is C26H37N7O5S. The third-order valence-electron chi connectivity index (χ3n) is 5.98. The highest BCUT2D eigenvalue weighted by atomic mass is 32.1. The Hall–Kier alpha value is -3.84. The minimum absolute atomic E-state index is 0.0569. The molecule has 0 heterocycles. The number of nitrogens with two attached hydrogens (primary N) is 3. The minimum Gasteiger partial charge on any atom is -0.480 e. The zero-order valence-corrected chi connectivity index (χ0v) is 22.7. The monoisotopic (exact) mass is 559 g/mol. The van der Waals surface area contributed by atoms with Gasteiger partial charge >= 0.3 is 5.97 Å². The van der Waals surface area contributed by atoms with Crippen LogP contribution in [-0.4, -0.2) is 71.2 Å². The summed E-state index contributed by atoms with van der Waals surface area (Å²) in [6.07, 6.45) is 0.997. The maximum atomic E-state index is 13.2. The number of nitrogens with zero attached hydrogens (tertiary/aromatic N) is 1. The number of carboxylic acid groups (broad SMARTS) is 1. The zero-order valence-electron chi connectivity index (χ0n) is 21.8. The normalized spacial score (nSPS) is 13.9. The average Bonchev–Trinajstić information content (AvgIpc) is 2.89. The lowest BCUT2D eigenvalue weighted by Gasteiger charge is -2.24. The van der Waals surface area contributed by atoms with Gasteiger partial charge in [-0.2, -0.15) is 12.6 Å². The summed E-state index contributed by atoms with van der Waals surface area (Å²) in [7, 11) is 0. The molecule has 13 heteroatoms. The van der Waals surface area contributed by atoms with Crippen LogP contribution in [0.1, 0.15) is 31.7 Å². The zero-order chi connectivity index (χ0) is 28.9. The Balaban J connectivity index is 2.15. The number of aliphatic imine (C=N–C) groups is 1. The van der Waals surface area contributed by atoms with Gasteiger partial charge in [0, 0.05) is 13.0 Å². The van der Waals surface area contributed by atoms with Crippen LogP contribution in [0.2, 0.25) is 0 Å². The molecule has 0 radical (unpaired) electrons. The number of guanidine groups is 1. The predicted octanol–water partition coefficient (Wildman–Crippen LogP) is -0.358. The molecule has 0 aromatic heterocycles. The predicted molar refractivity (Wildman–Crippen MR) is 153 cm³/mol. The van der Waals surface area contributed by atoms with Crippen molar-refractivity contribution < 1.29 is 24.3 Å². The lowest BCUT2D eigenvalue weighted by Crippen LogP contribution is -2.56. The van der Waals surface area contributed by atoms with Crippen LogP contribution in [-0.2, 0) is 25.6 Å². The molecule has 3 amide bonds. The lowest BCUT2D eigenvalue weighted by atomic mass is 10.0. The lowest BCUT2D eigenvalue weighted by molar-refractivity contribution is -0.142. The largest absolute Gasteiger partial charge is 0.480 e. The summed E-state index contributed by atoms with van der Waals surface area (Å²) in [6.45, 7) is 1.73. The summed E-state index contributed by atoms with van der Waals surface area (Å²) in [4.78, 5) is 53.9. The van der Waals surface area contributed by atoms with Crippen LogP contribution in [0.3, 0.4) is 0 Å². The van der Waals surface area contributed by atoms with Crippen LogP contribution >= 0.6 is 12.6 Å². The number of rotatable bonds is 15. The number of benzene rings is 2. The highest BCUT2D eigenvalue weighted by Gasteiger charge is 2.28. The van der Waals surface area contributed by atoms with Crippen molar-refractivity contribution in [1.29, 1.82) is 0 Å². The summed E-state index contributed by atoms with van der Waals surface area (Å²) in [5.74, 6) is -2.84. The number of amides is 3. The quantitative estimate of drug-likeness (QED) is 0.0622. The summed E-state index contributed by atoms with van der Waals surface area (Å²) in [5, 5.41) is 18.9. The van der Waals surface area contributed by atoms with Gasteiger partial charge in [-0.25, -0.2) is 4.79 Å². The maximum absolute atomic E-state index is 13.2. The first-order chi connectivity index (χ1) is 18.5. The molecule has 0 saturated carbocycles. The van der Waals surface area contributed by atoms with Crippen molar-refractivity contribution in [2.75, 3.05) is 12.3 Å². The number of fused-ring (bicyclic) bond motifs is 1. The van der Waals surface area contributed by atoms with E-state index in [-0.39, 0.29) is 31.0 Å². The number of carbonyl (C=O) groups is 4. The molecule has 4 atom stereocenters. The molecule has 0 unspecified atom stereocenters. The van der Waals surface area contributed by atoms with E-state index in [0.29, 0.717) is 13.0 Å². The Morgan fingerprint density at radius 2 is 1.59 bits per heavy atom. The molecule has 0 aliphatic rings. The number of aliphatic carboxylic acids is 1. The molecule has 0 aliphatic heterocycles. The molecule has 39 heavy (non-hydrogen) atoms. The fourth-order valence-corrected chi connectivity index (χ4v) is 4.06. The van der Waals surface area contributed by atoms with Gasteiger partial charge in [0.05, 0.1) is 6.04 Å². The minimum atomic E-state index is -1.20. The van der Waals surface area contributed by atoms with Gasteiger partial charge in [0.2, 0.25) is 17.7 Å². The van der Waals surface area contributed by atoms with E-state index in [4.69, 9.17) is 17.2 Å². The third-order valence-corrected chi connectivity index (χ3v) is 6.23. The van der Waals surface area contributed by atoms with Crippen LogP contribution in [0, 0.1) is 0 Å². The molecule has 2 rings (SSSR count). The van der Waals surface area contributed by atoms with Gasteiger partial charge in [-0.05, 0) is 48.3 Å². The Morgan fingerprint density at radius 1 is 0.923 bits per heavy atom. The fraction of sp³-hybridized carbons (Fsp3) is 0.423. The first-order valence-corrected chi connectivity index (χ1v) is 13.2. The number of thiol groups is 1. The number of carboxylic acids is 1. The molecule has 12 nitrogen and oxygen atoms in total. The van der Waals surface area contributed by atoms with Crippen molar-refractivity contribution in [3.05, 3.63) is 48.0 Å². The van der Waals surface area contributed by atoms with Crippen LogP contribution in [0.15, 0.2) is 47.5 Å². The highest BCUT2D eigenvalue weighted by molar-refractivity contribution is 7.80. The van der Waals surface area contributed by atoms with Crippen molar-refractivity contribution in [3.63, 3.8) is 0 Å². The number of hydrogen-bond acceptors (Lipinski definition) is 7. The first-order valence-electron chi connectivity index (χ1n) is 12.5. The number of nitrogens with one attached hydrogen (secondary N) is 3. The number of hydrogen-bond donors (Lipinski definition) is 8. The van der Waals surface area contributed by atoms with Gasteiger partial charge in [-0.3, -0.25) is 19.4 Å². The molecule has 0 spiro atoms. The first kappa shape index (κ1) is 31.4. The van der Waals surface area contributed by atoms with Crippen LogP contribution in [0.5, 0.6) is 0 Å². The molecule has 2 aromatic carbocycles. The Labute approximate surface area is 232 Å². The second-order valence-electron chi connectivity index (χ2n) is 9.14. The van der Waals surface area contributed by atoms with E-state index >= 15 is 0 Å². The van der Waals surface area contributed by atoms with E-state index in [1.54, 1.807) is 0 Å². The second-order valence-corrected chi connectivity index (χ2v) is 9.59. The van der Waals surface area contributed by atoms with E-state index < -0.39 is 47.9 Å². The molecular weight excluding hydrogens is 522 g/mol. The molecule has 10 N–H and O–H groups in total. The van der Waals surface area contributed by atoms with Gasteiger partial charge < -0.3 is 38.3 Å². The fourth-order valence-electron chi connectivity index (χ4n) is 3.80. The van der Waals surface area contributed by atoms with Crippen molar-refractivity contribution in [2.45, 2.75) is 56.8 Å². The summed E-state index contributed by atoms with van der Waals surface area (Å²) in [6, 6.07) is 9.25. The summed E-state index contributed by atoms with van der Waals surface area (Å²) in [5.41, 5.74) is 17.4. The highest BCUT2D eigenvalue weighted by Crippen LogP contribution is 2.17. The summed E-state index contributed by atoms with van der Waals surface area (Å²) >= 11 is 4.01. The van der Waals surface area contributed by atoms with Gasteiger partial charge in [-0.15, -0.1) is 0 Å². The average molecular weight is 560 g/mol. The maximum Gasteiger partial charge on any atom is 0.326 e. The van der Waals surface area contributed by atoms with Gasteiger partial charge in [0.25, 0.3) is 0 Å². The molecule has 2 aromatic rings. The molecule has 0 fully saturated rings. The Morgan fingerprint density at radius 3 is 2.23 bits per heavy atom. The van der Waals surface area contributed by atoms with Crippen LogP contribution in [0.4, 0.5) is 0 Å². The van der Waals surface area contributed by atoms with Gasteiger partial charge in [-0.1, -0.05) is 42.5 Å².